The number of nitrogens with zero attached hydrogens (tertiary/aromatic N) is 3. The average molecular weight is 573 g/mol. The number of carbonyl (C=O) groups excluding carboxylic acids is 2. The summed E-state index contributed by atoms with van der Waals surface area (Å²) in [5.74, 6) is -0.612. The lowest BCUT2D eigenvalue weighted by molar-refractivity contribution is -0.143. The van der Waals surface area contributed by atoms with Crippen LogP contribution in [0.2, 0.25) is 0 Å². The average Bonchev–Trinajstić information content (AvgIpc) is 3.37. The molecule has 0 aliphatic carbocycles. The van der Waals surface area contributed by atoms with Gasteiger partial charge in [-0.05, 0) is 66.2 Å². The summed E-state index contributed by atoms with van der Waals surface area (Å²) in [6.45, 7) is 0.176. The molecule has 206 valence electrons. The Bertz CT molecular complexity index is 1480. The second-order valence-corrected chi connectivity index (χ2v) is 10.1. The van der Waals surface area contributed by atoms with Gasteiger partial charge in [-0.3, -0.25) is 19.2 Å². The fraction of sp³-hybridized carbons (Fsp3) is 0.320. The number of aromatic nitrogens is 2. The van der Waals surface area contributed by atoms with Crippen molar-refractivity contribution in [2.45, 2.75) is 37.5 Å². The lowest BCUT2D eigenvalue weighted by Gasteiger charge is -2.32. The van der Waals surface area contributed by atoms with E-state index in [-0.39, 0.29) is 29.5 Å². The van der Waals surface area contributed by atoms with Gasteiger partial charge in [-0.2, -0.15) is 31.4 Å². The normalized spacial score (nSPS) is 21.9. The van der Waals surface area contributed by atoms with Crippen LogP contribution in [0.4, 0.5) is 35.5 Å². The van der Waals surface area contributed by atoms with Crippen LogP contribution in [0.3, 0.4) is 0 Å². The van der Waals surface area contributed by atoms with Crippen molar-refractivity contribution in [1.29, 1.82) is 0 Å². The van der Waals surface area contributed by atoms with Gasteiger partial charge in [0.1, 0.15) is 6.17 Å². The van der Waals surface area contributed by atoms with Gasteiger partial charge < -0.3 is 5.32 Å². The predicted molar refractivity (Wildman–Crippen MR) is 129 cm³/mol. The Morgan fingerprint density at radius 3 is 2.51 bits per heavy atom. The van der Waals surface area contributed by atoms with E-state index >= 15 is 0 Å². The zero-order valence-electron chi connectivity index (χ0n) is 19.8. The van der Waals surface area contributed by atoms with Gasteiger partial charge in [0.2, 0.25) is 0 Å². The Morgan fingerprint density at radius 1 is 1.05 bits per heavy atom. The summed E-state index contributed by atoms with van der Waals surface area (Å²) in [6, 6.07) is 5.27. The molecule has 39 heavy (non-hydrogen) atoms. The molecule has 2 aliphatic heterocycles. The number of rotatable bonds is 4. The molecule has 3 heterocycles. The van der Waals surface area contributed by atoms with Crippen LogP contribution in [0, 0.1) is 0 Å². The maximum atomic E-state index is 14.4. The second kappa shape index (κ2) is 9.97. The van der Waals surface area contributed by atoms with Crippen molar-refractivity contribution in [3.8, 4) is 0 Å². The van der Waals surface area contributed by atoms with Crippen molar-refractivity contribution in [1.82, 2.24) is 20.0 Å². The fourth-order valence-electron chi connectivity index (χ4n) is 4.62. The predicted octanol–water partition coefficient (Wildman–Crippen LogP) is 5.86. The molecule has 0 bridgehead atoms. The number of fused-ring (bicyclic) bond motifs is 1. The van der Waals surface area contributed by atoms with Crippen molar-refractivity contribution >= 4 is 39.9 Å². The van der Waals surface area contributed by atoms with Crippen LogP contribution in [0.1, 0.15) is 28.7 Å². The standard InChI is InChI=1S/C25H19F7N4O2S/c26-18-5-6-33-11-20(18)36-22(37)21(39-23(36)38)8-13-1-4-19-15(7-13)10-34-35(19)12-14-2-3-16(24(27,28)29)9-17(14)25(30,31)32/h1-4,7-10,18,20,33H,5-6,11-12H2/b21-8-/t18-,20+/m1/s1. The number of hydrogen-bond donors (Lipinski definition) is 1. The molecule has 3 aromatic rings. The van der Waals surface area contributed by atoms with Crippen LogP contribution in [0.15, 0.2) is 47.5 Å². The lowest BCUT2D eigenvalue weighted by Crippen LogP contribution is -2.53. The number of thioether (sulfide) groups is 1. The van der Waals surface area contributed by atoms with Crippen molar-refractivity contribution < 1.29 is 40.3 Å². The van der Waals surface area contributed by atoms with Crippen molar-refractivity contribution in [3.05, 3.63) is 69.8 Å². The smallest absolute Gasteiger partial charge is 0.314 e. The van der Waals surface area contributed by atoms with E-state index in [1.807, 2.05) is 0 Å². The molecule has 2 fully saturated rings. The zero-order chi connectivity index (χ0) is 28.1. The molecule has 1 aromatic heterocycles. The van der Waals surface area contributed by atoms with Gasteiger partial charge in [-0.1, -0.05) is 12.1 Å². The molecule has 2 aromatic carbocycles. The number of nitrogens with one attached hydrogen (secondary N) is 1. The van der Waals surface area contributed by atoms with Gasteiger partial charge >= 0.3 is 12.4 Å². The van der Waals surface area contributed by atoms with Crippen molar-refractivity contribution in [2.24, 2.45) is 0 Å². The second-order valence-electron chi connectivity index (χ2n) is 9.12. The van der Waals surface area contributed by atoms with Gasteiger partial charge in [0, 0.05) is 11.9 Å². The molecule has 0 radical (unpaired) electrons. The highest BCUT2D eigenvalue weighted by Gasteiger charge is 2.44. The number of amides is 2. The molecule has 0 spiro atoms. The molecule has 2 amide bonds. The van der Waals surface area contributed by atoms with Crippen LogP contribution in [-0.4, -0.2) is 51.1 Å². The summed E-state index contributed by atoms with van der Waals surface area (Å²) < 4.78 is 95.2. The minimum absolute atomic E-state index is 0.0840. The first-order chi connectivity index (χ1) is 18.3. The molecule has 2 atom stereocenters. The van der Waals surface area contributed by atoms with Crippen molar-refractivity contribution in [2.75, 3.05) is 13.1 Å². The van der Waals surface area contributed by atoms with Gasteiger partial charge in [-0.15, -0.1) is 0 Å². The summed E-state index contributed by atoms with van der Waals surface area (Å²) in [5, 5.41) is 6.98. The highest BCUT2D eigenvalue weighted by Crippen LogP contribution is 2.38. The first kappa shape index (κ1) is 27.2. The quantitative estimate of drug-likeness (QED) is 0.314. The summed E-state index contributed by atoms with van der Waals surface area (Å²) >= 11 is 0.688. The van der Waals surface area contributed by atoms with E-state index in [9.17, 15) is 40.3 Å². The van der Waals surface area contributed by atoms with Crippen LogP contribution < -0.4 is 5.32 Å². The Balaban J connectivity index is 1.40. The monoisotopic (exact) mass is 572 g/mol. The number of hydrogen-bond acceptors (Lipinski definition) is 5. The van der Waals surface area contributed by atoms with E-state index in [4.69, 9.17) is 0 Å². The van der Waals surface area contributed by atoms with Gasteiger partial charge in [-0.25, -0.2) is 4.39 Å². The van der Waals surface area contributed by atoms with E-state index in [0.29, 0.717) is 40.8 Å². The number of alkyl halides is 7. The summed E-state index contributed by atoms with van der Waals surface area (Å²) in [6.07, 6.45) is -8.25. The molecule has 2 aliphatic rings. The van der Waals surface area contributed by atoms with E-state index in [1.165, 1.54) is 17.0 Å². The maximum absolute atomic E-state index is 14.4. The maximum Gasteiger partial charge on any atom is 0.416 e. The van der Waals surface area contributed by atoms with Gasteiger partial charge in [0.15, 0.2) is 0 Å². The number of imide groups is 1. The van der Waals surface area contributed by atoms with E-state index < -0.39 is 53.4 Å². The fourth-order valence-corrected chi connectivity index (χ4v) is 5.50. The minimum atomic E-state index is -5.01. The highest BCUT2D eigenvalue weighted by molar-refractivity contribution is 8.18. The Hall–Kier alpha value is -3.39. The van der Waals surface area contributed by atoms with Crippen LogP contribution in [0.5, 0.6) is 0 Å². The van der Waals surface area contributed by atoms with Crippen LogP contribution >= 0.6 is 11.8 Å². The summed E-state index contributed by atoms with van der Waals surface area (Å²) in [5.41, 5.74) is -2.29. The van der Waals surface area contributed by atoms with Crippen LogP contribution in [0.25, 0.3) is 17.0 Å². The third-order valence-corrected chi connectivity index (χ3v) is 7.43. The number of benzene rings is 2. The molecular formula is C25H19F7N4O2S. The largest absolute Gasteiger partial charge is 0.416 e. The number of carbonyl (C=O) groups is 2. The van der Waals surface area contributed by atoms with Gasteiger partial charge in [0.05, 0.1) is 40.3 Å². The zero-order valence-corrected chi connectivity index (χ0v) is 20.6. The molecule has 1 N–H and O–H groups in total. The molecule has 2 saturated heterocycles. The third kappa shape index (κ3) is 5.39. The molecule has 0 unspecified atom stereocenters. The Morgan fingerprint density at radius 2 is 1.82 bits per heavy atom. The minimum Gasteiger partial charge on any atom is -0.314 e. The summed E-state index contributed by atoms with van der Waals surface area (Å²) in [4.78, 5) is 26.4. The molecule has 5 rings (SSSR count). The Kier molecular flexibility index (Phi) is 6.95. The van der Waals surface area contributed by atoms with E-state index in [2.05, 4.69) is 10.4 Å². The number of halogens is 7. The van der Waals surface area contributed by atoms with Crippen molar-refractivity contribution in [3.63, 3.8) is 0 Å². The topological polar surface area (TPSA) is 67.2 Å². The molecule has 14 heteroatoms. The first-order valence-corrected chi connectivity index (χ1v) is 12.5. The van der Waals surface area contributed by atoms with E-state index in [1.54, 1.807) is 18.2 Å². The highest BCUT2D eigenvalue weighted by atomic mass is 32.2. The first-order valence-electron chi connectivity index (χ1n) is 11.7. The number of piperidine rings is 1. The SMILES string of the molecule is O=C1S/C(=C\c2ccc3c(cnn3Cc3ccc(C(F)(F)F)cc3C(F)(F)F)c2)C(=O)N1[C@H]1CNCC[C@H]1F. The molecule has 0 saturated carbocycles. The molecule has 6 nitrogen and oxygen atoms in total. The Labute approximate surface area is 220 Å². The van der Waals surface area contributed by atoms with E-state index in [0.717, 1.165) is 11.0 Å². The van der Waals surface area contributed by atoms with Crippen LogP contribution in [-0.2, 0) is 23.7 Å². The lowest BCUT2D eigenvalue weighted by atomic mass is 10.0. The van der Waals surface area contributed by atoms with Gasteiger partial charge in [0.25, 0.3) is 11.1 Å². The summed E-state index contributed by atoms with van der Waals surface area (Å²) in [7, 11) is 0. The third-order valence-electron chi connectivity index (χ3n) is 6.55. The molecular weight excluding hydrogens is 553 g/mol.